The summed E-state index contributed by atoms with van der Waals surface area (Å²) in [7, 11) is 0. The lowest BCUT2D eigenvalue weighted by Crippen LogP contribution is -2.23. The molecule has 0 aliphatic heterocycles. The van der Waals surface area contributed by atoms with E-state index in [0.29, 0.717) is 17.0 Å². The Hall–Kier alpha value is -1.32. The molecule has 0 fully saturated rings. The molecule has 1 unspecified atom stereocenters. The van der Waals surface area contributed by atoms with Gasteiger partial charge in [0.25, 0.3) is 0 Å². The second-order valence-electron chi connectivity index (χ2n) is 4.71. The highest BCUT2D eigenvalue weighted by atomic mass is 35.5. The van der Waals surface area contributed by atoms with Gasteiger partial charge in [-0.3, -0.25) is 0 Å². The van der Waals surface area contributed by atoms with E-state index >= 15 is 0 Å². The smallest absolute Gasteiger partial charge is 0.126 e. The van der Waals surface area contributed by atoms with Crippen LogP contribution < -0.4 is 5.32 Å². The molecule has 2 aromatic rings. The molecule has 108 valence electrons. The zero-order valence-electron chi connectivity index (χ0n) is 11.7. The van der Waals surface area contributed by atoms with Gasteiger partial charge in [-0.25, -0.2) is 4.39 Å². The zero-order valence-corrected chi connectivity index (χ0v) is 12.5. The van der Waals surface area contributed by atoms with Gasteiger partial charge in [-0.05, 0) is 48.9 Å². The van der Waals surface area contributed by atoms with Crippen molar-refractivity contribution in [1.82, 2.24) is 5.32 Å². The monoisotopic (exact) mass is 295 g/mol. The number of nitrogens with one attached hydrogen (secondary N) is 1. The van der Waals surface area contributed by atoms with Crippen LogP contribution in [0.15, 0.2) is 34.7 Å². The molecule has 1 aromatic heterocycles. The number of likely N-dealkylation sites (N-methyl/N-ethyl adjacent to an activating group) is 1. The van der Waals surface area contributed by atoms with E-state index < -0.39 is 0 Å². The number of hydrogen-bond donors (Lipinski definition) is 1. The summed E-state index contributed by atoms with van der Waals surface area (Å²) in [6.45, 7) is 4.85. The van der Waals surface area contributed by atoms with Crippen molar-refractivity contribution in [2.45, 2.75) is 32.7 Å². The SMILES string of the molecule is CCNC(Cc1cc(Cl)ccc1F)c1ccc(CC)o1. The minimum Gasteiger partial charge on any atom is -0.464 e. The molecule has 1 N–H and O–H groups in total. The van der Waals surface area contributed by atoms with E-state index in [-0.39, 0.29) is 11.9 Å². The first-order valence-corrected chi connectivity index (χ1v) is 7.27. The molecular formula is C16H19ClFNO. The molecule has 2 nitrogen and oxygen atoms in total. The van der Waals surface area contributed by atoms with Gasteiger partial charge in [0.15, 0.2) is 0 Å². The molecule has 1 heterocycles. The van der Waals surface area contributed by atoms with Crippen molar-refractivity contribution in [2.24, 2.45) is 0 Å². The number of hydrogen-bond acceptors (Lipinski definition) is 2. The van der Waals surface area contributed by atoms with Gasteiger partial charge in [0.05, 0.1) is 6.04 Å². The highest BCUT2D eigenvalue weighted by molar-refractivity contribution is 6.30. The van der Waals surface area contributed by atoms with Crippen LogP contribution >= 0.6 is 11.6 Å². The molecule has 1 atom stereocenters. The molecule has 1 aromatic carbocycles. The van der Waals surface area contributed by atoms with Crippen LogP contribution in [0.3, 0.4) is 0 Å². The zero-order chi connectivity index (χ0) is 14.5. The first kappa shape index (κ1) is 15.1. The molecule has 0 saturated carbocycles. The summed E-state index contributed by atoms with van der Waals surface area (Å²) in [6.07, 6.45) is 1.36. The molecule has 0 spiro atoms. The summed E-state index contributed by atoms with van der Waals surface area (Å²) in [6, 6.07) is 8.51. The average Bonchev–Trinajstić information content (AvgIpc) is 2.91. The third-order valence-corrected chi connectivity index (χ3v) is 3.49. The molecule has 0 aliphatic carbocycles. The van der Waals surface area contributed by atoms with Gasteiger partial charge in [-0.1, -0.05) is 25.4 Å². The third-order valence-electron chi connectivity index (χ3n) is 3.26. The predicted octanol–water partition coefficient (Wildman–Crippen LogP) is 4.53. The fourth-order valence-corrected chi connectivity index (χ4v) is 2.41. The van der Waals surface area contributed by atoms with E-state index in [0.717, 1.165) is 24.5 Å². The number of benzene rings is 1. The lowest BCUT2D eigenvalue weighted by Gasteiger charge is -2.16. The maximum Gasteiger partial charge on any atom is 0.126 e. The van der Waals surface area contributed by atoms with Gasteiger partial charge in [-0.15, -0.1) is 0 Å². The number of halogens is 2. The van der Waals surface area contributed by atoms with Crippen LogP contribution in [0.4, 0.5) is 4.39 Å². The van der Waals surface area contributed by atoms with Crippen LogP contribution in [0.2, 0.25) is 5.02 Å². The molecule has 2 rings (SSSR count). The van der Waals surface area contributed by atoms with Crippen molar-refractivity contribution >= 4 is 11.6 Å². The van der Waals surface area contributed by atoms with Crippen molar-refractivity contribution in [3.05, 3.63) is 58.3 Å². The molecular weight excluding hydrogens is 277 g/mol. The number of aryl methyl sites for hydroxylation is 1. The van der Waals surface area contributed by atoms with E-state index in [1.807, 2.05) is 26.0 Å². The second kappa shape index (κ2) is 6.91. The fourth-order valence-electron chi connectivity index (χ4n) is 2.21. The Labute approximate surface area is 123 Å². The summed E-state index contributed by atoms with van der Waals surface area (Å²) in [5, 5.41) is 3.87. The van der Waals surface area contributed by atoms with Crippen molar-refractivity contribution in [3.8, 4) is 0 Å². The van der Waals surface area contributed by atoms with Gasteiger partial charge < -0.3 is 9.73 Å². The topological polar surface area (TPSA) is 25.2 Å². The molecule has 0 saturated heterocycles. The Morgan fingerprint density at radius 1 is 1.25 bits per heavy atom. The minimum absolute atomic E-state index is 0.0479. The van der Waals surface area contributed by atoms with Crippen LogP contribution in [0.25, 0.3) is 0 Å². The van der Waals surface area contributed by atoms with Crippen LogP contribution in [0.5, 0.6) is 0 Å². The maximum absolute atomic E-state index is 13.8. The van der Waals surface area contributed by atoms with E-state index in [1.54, 1.807) is 12.1 Å². The van der Waals surface area contributed by atoms with Gasteiger partial charge in [0.1, 0.15) is 17.3 Å². The van der Waals surface area contributed by atoms with Crippen molar-refractivity contribution in [2.75, 3.05) is 6.54 Å². The molecule has 0 bridgehead atoms. The highest BCUT2D eigenvalue weighted by Gasteiger charge is 2.17. The fraction of sp³-hybridized carbons (Fsp3) is 0.375. The van der Waals surface area contributed by atoms with Crippen molar-refractivity contribution in [1.29, 1.82) is 0 Å². The summed E-state index contributed by atoms with van der Waals surface area (Å²) in [5.74, 6) is 1.54. The number of furan rings is 1. The third kappa shape index (κ3) is 3.62. The second-order valence-corrected chi connectivity index (χ2v) is 5.14. The van der Waals surface area contributed by atoms with Crippen LogP contribution in [-0.2, 0) is 12.8 Å². The lowest BCUT2D eigenvalue weighted by atomic mass is 10.0. The molecule has 0 aliphatic rings. The largest absolute Gasteiger partial charge is 0.464 e. The standard InChI is InChI=1S/C16H19ClFNO/c1-3-13-6-8-16(20-13)15(19-4-2)10-11-9-12(17)5-7-14(11)18/h5-9,15,19H,3-4,10H2,1-2H3. The van der Waals surface area contributed by atoms with E-state index in [2.05, 4.69) is 5.32 Å². The Kier molecular flexibility index (Phi) is 5.21. The van der Waals surface area contributed by atoms with E-state index in [9.17, 15) is 4.39 Å². The van der Waals surface area contributed by atoms with Crippen LogP contribution in [0, 0.1) is 5.82 Å². The summed E-state index contributed by atoms with van der Waals surface area (Å²) >= 11 is 5.94. The van der Waals surface area contributed by atoms with Gasteiger partial charge >= 0.3 is 0 Å². The molecule has 4 heteroatoms. The van der Waals surface area contributed by atoms with E-state index in [4.69, 9.17) is 16.0 Å². The number of rotatable bonds is 6. The average molecular weight is 296 g/mol. The van der Waals surface area contributed by atoms with Gasteiger partial charge in [-0.2, -0.15) is 0 Å². The quantitative estimate of drug-likeness (QED) is 0.847. The predicted molar refractivity (Wildman–Crippen MR) is 79.6 cm³/mol. The van der Waals surface area contributed by atoms with Crippen LogP contribution in [0.1, 0.15) is 37.0 Å². The van der Waals surface area contributed by atoms with Gasteiger partial charge in [0.2, 0.25) is 0 Å². The van der Waals surface area contributed by atoms with Gasteiger partial charge in [0, 0.05) is 11.4 Å². The molecule has 0 radical (unpaired) electrons. The molecule has 20 heavy (non-hydrogen) atoms. The first-order valence-electron chi connectivity index (χ1n) is 6.90. The normalized spacial score (nSPS) is 12.6. The summed E-state index contributed by atoms with van der Waals surface area (Å²) in [5.41, 5.74) is 0.595. The Morgan fingerprint density at radius 3 is 2.70 bits per heavy atom. The Morgan fingerprint density at radius 2 is 2.05 bits per heavy atom. The summed E-state index contributed by atoms with van der Waals surface area (Å²) in [4.78, 5) is 0. The van der Waals surface area contributed by atoms with Crippen molar-refractivity contribution < 1.29 is 8.81 Å². The van der Waals surface area contributed by atoms with Crippen molar-refractivity contribution in [3.63, 3.8) is 0 Å². The lowest BCUT2D eigenvalue weighted by molar-refractivity contribution is 0.394. The first-order chi connectivity index (χ1) is 9.63. The molecule has 0 amide bonds. The maximum atomic E-state index is 13.8. The Balaban J connectivity index is 2.22. The van der Waals surface area contributed by atoms with E-state index in [1.165, 1.54) is 6.07 Å². The highest BCUT2D eigenvalue weighted by Crippen LogP contribution is 2.24. The van der Waals surface area contributed by atoms with Crippen LogP contribution in [-0.4, -0.2) is 6.54 Å². The Bertz CT molecular complexity index is 567. The minimum atomic E-state index is -0.237. The summed E-state index contributed by atoms with van der Waals surface area (Å²) < 4.78 is 19.6.